The first-order chi connectivity index (χ1) is 9.16. The number of carbonyl (C=O) groups excluding carboxylic acids is 1. The van der Waals surface area contributed by atoms with E-state index in [0.29, 0.717) is 18.7 Å². The van der Waals surface area contributed by atoms with Crippen LogP contribution in [-0.2, 0) is 17.8 Å². The van der Waals surface area contributed by atoms with Crippen LogP contribution in [0.1, 0.15) is 16.3 Å². The average molecular weight is 262 g/mol. The van der Waals surface area contributed by atoms with Crippen LogP contribution in [0.2, 0.25) is 0 Å². The molecule has 19 heavy (non-hydrogen) atoms. The molecule has 0 atom stereocenters. The molecule has 0 aliphatic rings. The van der Waals surface area contributed by atoms with E-state index < -0.39 is 5.97 Å². The second kappa shape index (κ2) is 5.85. The fourth-order valence-electron chi connectivity index (χ4n) is 1.72. The van der Waals surface area contributed by atoms with Crippen molar-refractivity contribution in [3.8, 4) is 0 Å². The van der Waals surface area contributed by atoms with Crippen molar-refractivity contribution < 1.29 is 14.7 Å². The van der Waals surface area contributed by atoms with Crippen molar-refractivity contribution in [1.29, 1.82) is 0 Å². The molecule has 0 saturated heterocycles. The third-order valence-electron chi connectivity index (χ3n) is 2.57. The molecule has 0 saturated carbocycles. The van der Waals surface area contributed by atoms with Gasteiger partial charge in [-0.15, -0.1) is 0 Å². The number of rotatable bonds is 6. The van der Waals surface area contributed by atoms with Crippen LogP contribution in [0.25, 0.3) is 0 Å². The molecular weight excluding hydrogens is 248 g/mol. The van der Waals surface area contributed by atoms with E-state index in [1.54, 1.807) is 30.7 Å². The Labute approximate surface area is 109 Å². The summed E-state index contributed by atoms with van der Waals surface area (Å²) in [7, 11) is 0. The zero-order valence-electron chi connectivity index (χ0n) is 10.2. The number of nitrogens with zero attached hydrogens (tertiary/aromatic N) is 2. The van der Waals surface area contributed by atoms with Crippen molar-refractivity contribution in [2.45, 2.75) is 13.0 Å². The Kier molecular flexibility index (Phi) is 3.97. The third kappa shape index (κ3) is 3.44. The molecule has 0 aromatic carbocycles. The van der Waals surface area contributed by atoms with Crippen LogP contribution in [0, 0.1) is 0 Å². The zero-order valence-corrected chi connectivity index (χ0v) is 10.2. The summed E-state index contributed by atoms with van der Waals surface area (Å²) in [5, 5.41) is 11.5. The minimum absolute atomic E-state index is 0.228. The number of nitrogens with one attached hydrogen (secondary N) is 2. The smallest absolute Gasteiger partial charge is 0.323 e. The molecular formula is C12H14N4O3. The number of hydrogen-bond donors (Lipinski definition) is 3. The molecule has 0 spiro atoms. The number of carboxylic acids is 1. The van der Waals surface area contributed by atoms with Crippen molar-refractivity contribution in [2.75, 3.05) is 6.54 Å². The van der Waals surface area contributed by atoms with Crippen LogP contribution in [0.3, 0.4) is 0 Å². The maximum Gasteiger partial charge on any atom is 0.323 e. The predicted molar refractivity (Wildman–Crippen MR) is 66.7 cm³/mol. The van der Waals surface area contributed by atoms with Crippen molar-refractivity contribution >= 4 is 11.9 Å². The molecule has 0 bridgehead atoms. The largest absolute Gasteiger partial charge is 0.480 e. The summed E-state index contributed by atoms with van der Waals surface area (Å²) in [4.78, 5) is 29.5. The van der Waals surface area contributed by atoms with E-state index in [-0.39, 0.29) is 12.5 Å². The van der Waals surface area contributed by atoms with Gasteiger partial charge < -0.3 is 20.0 Å². The highest BCUT2D eigenvalue weighted by Crippen LogP contribution is 2.02. The van der Waals surface area contributed by atoms with Crippen LogP contribution in [0.15, 0.2) is 30.7 Å². The SMILES string of the molecule is O=C(O)Cn1cccc1C(=O)NCCc1ncc[nH]1. The van der Waals surface area contributed by atoms with Gasteiger partial charge >= 0.3 is 5.97 Å². The Morgan fingerprint density at radius 2 is 2.32 bits per heavy atom. The molecule has 0 unspecified atom stereocenters. The molecule has 2 aromatic rings. The molecule has 7 heteroatoms. The van der Waals surface area contributed by atoms with Crippen LogP contribution in [0.4, 0.5) is 0 Å². The van der Waals surface area contributed by atoms with Gasteiger partial charge in [-0.3, -0.25) is 9.59 Å². The second-order valence-corrected chi connectivity index (χ2v) is 3.96. The number of amides is 1. The summed E-state index contributed by atoms with van der Waals surface area (Å²) in [6.45, 7) is 0.207. The molecule has 2 aromatic heterocycles. The van der Waals surface area contributed by atoms with E-state index in [4.69, 9.17) is 5.11 Å². The zero-order chi connectivity index (χ0) is 13.7. The highest BCUT2D eigenvalue weighted by atomic mass is 16.4. The average Bonchev–Trinajstić information content (AvgIpc) is 2.99. The van der Waals surface area contributed by atoms with Crippen LogP contribution in [-0.4, -0.2) is 38.1 Å². The lowest BCUT2D eigenvalue weighted by atomic mass is 10.3. The van der Waals surface area contributed by atoms with E-state index >= 15 is 0 Å². The first-order valence-corrected chi connectivity index (χ1v) is 5.80. The van der Waals surface area contributed by atoms with Gasteiger partial charge in [0.25, 0.3) is 5.91 Å². The van der Waals surface area contributed by atoms with E-state index in [9.17, 15) is 9.59 Å². The molecule has 100 valence electrons. The van der Waals surface area contributed by atoms with Gasteiger partial charge in [-0.1, -0.05) is 0 Å². The molecule has 0 aliphatic heterocycles. The molecule has 1 amide bonds. The maximum absolute atomic E-state index is 11.9. The second-order valence-electron chi connectivity index (χ2n) is 3.96. The summed E-state index contributed by atoms with van der Waals surface area (Å²) in [6, 6.07) is 3.23. The van der Waals surface area contributed by atoms with Crippen molar-refractivity contribution in [2.24, 2.45) is 0 Å². The van der Waals surface area contributed by atoms with E-state index in [0.717, 1.165) is 5.82 Å². The van der Waals surface area contributed by atoms with Crippen molar-refractivity contribution in [3.05, 3.63) is 42.2 Å². The van der Waals surface area contributed by atoms with Crippen LogP contribution in [0.5, 0.6) is 0 Å². The number of imidazole rings is 1. The Bertz CT molecular complexity index is 559. The molecule has 0 fully saturated rings. The summed E-state index contributed by atoms with van der Waals surface area (Å²) < 4.78 is 1.39. The van der Waals surface area contributed by atoms with E-state index in [2.05, 4.69) is 15.3 Å². The summed E-state index contributed by atoms with van der Waals surface area (Å²) in [6.07, 6.45) is 5.53. The molecule has 7 nitrogen and oxygen atoms in total. The summed E-state index contributed by atoms with van der Waals surface area (Å²) >= 11 is 0. The normalized spacial score (nSPS) is 10.3. The fraction of sp³-hybridized carbons (Fsp3) is 0.250. The van der Waals surface area contributed by atoms with Gasteiger partial charge in [0.2, 0.25) is 0 Å². The van der Waals surface area contributed by atoms with Crippen molar-refractivity contribution in [3.63, 3.8) is 0 Å². The third-order valence-corrected chi connectivity index (χ3v) is 2.57. The highest BCUT2D eigenvalue weighted by Gasteiger charge is 2.12. The molecule has 2 heterocycles. The van der Waals surface area contributed by atoms with Crippen LogP contribution < -0.4 is 5.32 Å². The Hall–Kier alpha value is -2.57. The number of hydrogen-bond acceptors (Lipinski definition) is 3. The summed E-state index contributed by atoms with van der Waals surface area (Å²) in [5.74, 6) is -0.486. The van der Waals surface area contributed by atoms with E-state index in [1.165, 1.54) is 4.57 Å². The van der Waals surface area contributed by atoms with Crippen molar-refractivity contribution in [1.82, 2.24) is 19.9 Å². The van der Waals surface area contributed by atoms with Gasteiger partial charge in [-0.05, 0) is 12.1 Å². The number of H-pyrrole nitrogens is 1. The Morgan fingerprint density at radius 1 is 1.47 bits per heavy atom. The Morgan fingerprint density at radius 3 is 3.00 bits per heavy atom. The molecule has 0 aliphatic carbocycles. The predicted octanol–water partition coefficient (Wildman–Crippen LogP) is 0.268. The van der Waals surface area contributed by atoms with E-state index in [1.807, 2.05) is 0 Å². The minimum atomic E-state index is -0.985. The first kappa shape index (κ1) is 12.9. The number of aromatic nitrogens is 3. The Balaban J connectivity index is 1.89. The molecule has 3 N–H and O–H groups in total. The lowest BCUT2D eigenvalue weighted by molar-refractivity contribution is -0.137. The number of carbonyl (C=O) groups is 2. The van der Waals surface area contributed by atoms with Gasteiger partial charge in [0, 0.05) is 31.6 Å². The number of aliphatic carboxylic acids is 1. The monoisotopic (exact) mass is 262 g/mol. The lowest BCUT2D eigenvalue weighted by Crippen LogP contribution is -2.28. The quantitative estimate of drug-likeness (QED) is 0.695. The number of aromatic amines is 1. The fourth-order valence-corrected chi connectivity index (χ4v) is 1.72. The van der Waals surface area contributed by atoms with Gasteiger partial charge in [0.05, 0.1) is 0 Å². The maximum atomic E-state index is 11.9. The van der Waals surface area contributed by atoms with Gasteiger partial charge in [0.1, 0.15) is 18.1 Å². The van der Waals surface area contributed by atoms with Gasteiger partial charge in [0.15, 0.2) is 0 Å². The summed E-state index contributed by atoms with van der Waals surface area (Å²) in [5.41, 5.74) is 0.335. The topological polar surface area (TPSA) is 100 Å². The first-order valence-electron chi connectivity index (χ1n) is 5.80. The molecule has 2 rings (SSSR count). The highest BCUT2D eigenvalue weighted by molar-refractivity contribution is 5.93. The standard InChI is InChI=1S/C12H14N4O3/c17-11(18)8-16-7-1-2-9(16)12(19)15-4-3-10-13-5-6-14-10/h1-2,5-7H,3-4,8H2,(H,13,14)(H,15,19)(H,17,18). The van der Waals surface area contributed by atoms with Gasteiger partial charge in [-0.25, -0.2) is 4.98 Å². The lowest BCUT2D eigenvalue weighted by Gasteiger charge is -2.07. The molecule has 0 radical (unpaired) electrons. The number of carboxylic acid groups (broad SMARTS) is 1. The van der Waals surface area contributed by atoms with Gasteiger partial charge in [-0.2, -0.15) is 0 Å². The minimum Gasteiger partial charge on any atom is -0.480 e. The van der Waals surface area contributed by atoms with Crippen LogP contribution >= 0.6 is 0 Å².